The number of nitro benzene ring substituents is 1. The largest absolute Gasteiger partial charge is 0.459 e. The number of rotatable bonds is 5. The highest BCUT2D eigenvalue weighted by molar-refractivity contribution is 6.33. The van der Waals surface area contributed by atoms with Crippen molar-refractivity contribution in [2.75, 3.05) is 9.96 Å². The van der Waals surface area contributed by atoms with E-state index in [1.165, 1.54) is 23.3 Å². The average molecular weight is 550 g/mol. The van der Waals surface area contributed by atoms with E-state index < -0.39 is 34.8 Å². The molecule has 0 bridgehead atoms. The van der Waals surface area contributed by atoms with Crippen molar-refractivity contribution in [2.24, 2.45) is 5.92 Å². The van der Waals surface area contributed by atoms with Gasteiger partial charge in [0.15, 0.2) is 6.10 Å². The first kappa shape index (κ1) is 24.2. The van der Waals surface area contributed by atoms with Crippen LogP contribution in [0.2, 0.25) is 10.0 Å². The molecule has 0 saturated carbocycles. The first-order chi connectivity index (χ1) is 18.3. The van der Waals surface area contributed by atoms with Crippen LogP contribution >= 0.6 is 23.2 Å². The molecule has 2 aliphatic heterocycles. The van der Waals surface area contributed by atoms with Crippen molar-refractivity contribution in [3.8, 4) is 11.3 Å². The molecule has 3 heterocycles. The van der Waals surface area contributed by atoms with E-state index in [0.717, 1.165) is 4.90 Å². The number of halogens is 2. The van der Waals surface area contributed by atoms with Gasteiger partial charge in [0.25, 0.3) is 11.6 Å². The lowest BCUT2D eigenvalue weighted by molar-refractivity contribution is -0.384. The standard InChI is InChI=1S/C27H17Cl2N3O6/c28-15-6-8-16(9-7-15)30-26(33)23-24(31(38-25(23)27(30)34)17-4-2-1-3-5-17)22-13-12-21(37-22)19-11-10-18(32(35)36)14-20(19)29/h1-14,23-25H/t23-,24+,25-/m0/s1. The van der Waals surface area contributed by atoms with Crippen LogP contribution in [0.1, 0.15) is 11.8 Å². The second-order valence-corrected chi connectivity index (χ2v) is 9.61. The number of para-hydroxylation sites is 1. The Bertz CT molecular complexity index is 1570. The SMILES string of the molecule is O=C1[C@@H]2[C@H](ON(c3ccccc3)[C@@H]2c2ccc(-c3ccc([N+](=O)[O-])cc3Cl)o2)C(=O)N1c1ccc(Cl)cc1. The molecule has 3 aromatic carbocycles. The summed E-state index contributed by atoms with van der Waals surface area (Å²) in [6.07, 6.45) is -1.07. The third kappa shape index (κ3) is 3.92. The molecule has 0 aliphatic carbocycles. The summed E-state index contributed by atoms with van der Waals surface area (Å²) in [5.74, 6) is -1.11. The molecular weight excluding hydrogens is 533 g/mol. The number of hydroxylamine groups is 1. The van der Waals surface area contributed by atoms with Crippen molar-refractivity contribution in [1.29, 1.82) is 0 Å². The first-order valence-corrected chi connectivity index (χ1v) is 12.3. The zero-order valence-corrected chi connectivity index (χ0v) is 20.9. The summed E-state index contributed by atoms with van der Waals surface area (Å²) < 4.78 is 6.16. The number of carbonyl (C=O) groups is 2. The fourth-order valence-corrected chi connectivity index (χ4v) is 5.21. The Morgan fingerprint density at radius 1 is 0.842 bits per heavy atom. The maximum Gasteiger partial charge on any atom is 0.270 e. The fourth-order valence-electron chi connectivity index (χ4n) is 4.82. The molecular formula is C27H17Cl2N3O6. The second-order valence-electron chi connectivity index (χ2n) is 8.77. The van der Waals surface area contributed by atoms with E-state index in [2.05, 4.69) is 0 Å². The maximum absolute atomic E-state index is 13.7. The monoisotopic (exact) mass is 549 g/mol. The molecule has 6 rings (SSSR count). The molecule has 3 atom stereocenters. The number of non-ortho nitro benzene ring substituents is 1. The summed E-state index contributed by atoms with van der Waals surface area (Å²) in [4.78, 5) is 44.9. The minimum atomic E-state index is -1.07. The van der Waals surface area contributed by atoms with Crippen LogP contribution in [-0.2, 0) is 14.4 Å². The fraction of sp³-hybridized carbons (Fsp3) is 0.111. The summed E-state index contributed by atoms with van der Waals surface area (Å²) in [5.41, 5.74) is 1.33. The molecule has 0 N–H and O–H groups in total. The van der Waals surface area contributed by atoms with Gasteiger partial charge in [-0.15, -0.1) is 0 Å². The number of benzene rings is 3. The van der Waals surface area contributed by atoms with Crippen molar-refractivity contribution in [1.82, 2.24) is 0 Å². The van der Waals surface area contributed by atoms with Crippen LogP contribution in [0, 0.1) is 16.0 Å². The van der Waals surface area contributed by atoms with Gasteiger partial charge < -0.3 is 4.42 Å². The first-order valence-electron chi connectivity index (χ1n) is 11.5. The third-order valence-electron chi connectivity index (χ3n) is 6.56. The van der Waals surface area contributed by atoms with Crippen LogP contribution < -0.4 is 9.96 Å². The topological polar surface area (TPSA) is 106 Å². The van der Waals surface area contributed by atoms with Gasteiger partial charge in [-0.2, -0.15) is 0 Å². The van der Waals surface area contributed by atoms with Crippen molar-refractivity contribution >= 4 is 52.1 Å². The minimum Gasteiger partial charge on any atom is -0.459 e. The number of nitro groups is 1. The van der Waals surface area contributed by atoms with Crippen LogP contribution in [0.3, 0.4) is 0 Å². The number of anilines is 2. The molecule has 4 aromatic rings. The Balaban J connectivity index is 1.41. The summed E-state index contributed by atoms with van der Waals surface area (Å²) >= 11 is 12.3. The van der Waals surface area contributed by atoms with Crippen LogP contribution in [0.25, 0.3) is 11.3 Å². The van der Waals surface area contributed by atoms with Gasteiger partial charge in [-0.3, -0.25) is 24.5 Å². The van der Waals surface area contributed by atoms with Gasteiger partial charge in [0.2, 0.25) is 5.91 Å². The molecule has 2 amide bonds. The van der Waals surface area contributed by atoms with Crippen molar-refractivity contribution in [3.05, 3.63) is 111 Å². The quantitative estimate of drug-likeness (QED) is 0.165. The van der Waals surface area contributed by atoms with E-state index in [-0.39, 0.29) is 10.7 Å². The Hall–Kier alpha value is -4.18. The second kappa shape index (κ2) is 9.29. The highest BCUT2D eigenvalue weighted by Gasteiger charge is 2.61. The van der Waals surface area contributed by atoms with Gasteiger partial charge in [0.05, 0.1) is 21.3 Å². The molecule has 2 saturated heterocycles. The van der Waals surface area contributed by atoms with Crippen LogP contribution in [-0.4, -0.2) is 22.8 Å². The predicted molar refractivity (Wildman–Crippen MR) is 140 cm³/mol. The summed E-state index contributed by atoms with van der Waals surface area (Å²) in [7, 11) is 0. The Kier molecular flexibility index (Phi) is 5.91. The van der Waals surface area contributed by atoms with Crippen molar-refractivity contribution in [2.45, 2.75) is 12.1 Å². The van der Waals surface area contributed by atoms with Crippen LogP contribution in [0.5, 0.6) is 0 Å². The average Bonchev–Trinajstić information content (AvgIpc) is 3.60. The molecule has 0 spiro atoms. The smallest absolute Gasteiger partial charge is 0.270 e. The Labute approximate surface area is 225 Å². The van der Waals surface area contributed by atoms with Gasteiger partial charge in [-0.25, -0.2) is 9.96 Å². The number of carbonyl (C=O) groups excluding carboxylic acids is 2. The number of amides is 2. The predicted octanol–water partition coefficient (Wildman–Crippen LogP) is 6.21. The summed E-state index contributed by atoms with van der Waals surface area (Å²) in [5, 5.41) is 13.2. The number of imide groups is 1. The van der Waals surface area contributed by atoms with Crippen molar-refractivity contribution < 1.29 is 23.8 Å². The number of fused-ring (bicyclic) bond motifs is 1. The molecule has 190 valence electrons. The van der Waals surface area contributed by atoms with Gasteiger partial charge in [-0.05, 0) is 54.6 Å². The molecule has 1 aromatic heterocycles. The Morgan fingerprint density at radius 2 is 1.58 bits per heavy atom. The summed E-state index contributed by atoms with van der Waals surface area (Å²) in [6, 6.07) is 22.1. The highest BCUT2D eigenvalue weighted by atomic mass is 35.5. The van der Waals surface area contributed by atoms with Gasteiger partial charge in [0.1, 0.15) is 23.5 Å². The molecule has 0 radical (unpaired) electrons. The minimum absolute atomic E-state index is 0.140. The van der Waals surface area contributed by atoms with Crippen LogP contribution in [0.4, 0.5) is 17.1 Å². The third-order valence-corrected chi connectivity index (χ3v) is 7.12. The van der Waals surface area contributed by atoms with Gasteiger partial charge >= 0.3 is 0 Å². The van der Waals surface area contributed by atoms with E-state index in [1.54, 1.807) is 48.5 Å². The molecule has 9 nitrogen and oxygen atoms in total. The molecule has 11 heteroatoms. The zero-order chi connectivity index (χ0) is 26.6. The normalized spacial score (nSPS) is 20.7. The number of nitrogens with zero attached hydrogens (tertiary/aromatic N) is 3. The lowest BCUT2D eigenvalue weighted by Gasteiger charge is -2.27. The van der Waals surface area contributed by atoms with E-state index in [0.29, 0.717) is 33.5 Å². The van der Waals surface area contributed by atoms with E-state index in [4.69, 9.17) is 32.5 Å². The highest BCUT2D eigenvalue weighted by Crippen LogP contribution is 2.48. The van der Waals surface area contributed by atoms with E-state index in [9.17, 15) is 19.7 Å². The lowest BCUT2D eigenvalue weighted by Crippen LogP contribution is -2.37. The van der Waals surface area contributed by atoms with E-state index >= 15 is 0 Å². The molecule has 2 fully saturated rings. The van der Waals surface area contributed by atoms with Gasteiger partial charge in [-0.1, -0.05) is 41.4 Å². The molecule has 2 aliphatic rings. The molecule has 38 heavy (non-hydrogen) atoms. The van der Waals surface area contributed by atoms with Crippen molar-refractivity contribution in [3.63, 3.8) is 0 Å². The van der Waals surface area contributed by atoms with E-state index in [1.807, 2.05) is 18.2 Å². The number of hydrogen-bond acceptors (Lipinski definition) is 7. The lowest BCUT2D eigenvalue weighted by atomic mass is 9.94. The van der Waals surface area contributed by atoms with Gasteiger partial charge in [0, 0.05) is 22.7 Å². The van der Waals surface area contributed by atoms with Crippen LogP contribution in [0.15, 0.2) is 89.3 Å². The number of furan rings is 1. The summed E-state index contributed by atoms with van der Waals surface area (Å²) in [6.45, 7) is 0. The molecule has 0 unspecified atom stereocenters. The maximum atomic E-state index is 13.7. The zero-order valence-electron chi connectivity index (χ0n) is 19.4. The number of hydrogen-bond donors (Lipinski definition) is 0. The Morgan fingerprint density at radius 3 is 2.26 bits per heavy atom.